The highest BCUT2D eigenvalue weighted by Crippen LogP contribution is 2.31. The zero-order chi connectivity index (χ0) is 12.5. The molecule has 1 atom stereocenters. The quantitative estimate of drug-likeness (QED) is 0.871. The minimum Gasteiger partial charge on any atom is -0.381 e. The van der Waals surface area contributed by atoms with Crippen LogP contribution in [-0.4, -0.2) is 27.4 Å². The van der Waals surface area contributed by atoms with Crippen molar-refractivity contribution in [2.45, 2.75) is 19.5 Å². The second-order valence-electron chi connectivity index (χ2n) is 4.67. The van der Waals surface area contributed by atoms with Gasteiger partial charge in [0.1, 0.15) is 12.2 Å². The molecule has 5 heteroatoms. The van der Waals surface area contributed by atoms with Crippen molar-refractivity contribution in [1.82, 2.24) is 14.8 Å². The molecule has 0 bridgehead atoms. The maximum Gasteiger partial charge on any atom is 0.146 e. The van der Waals surface area contributed by atoms with Crippen LogP contribution >= 0.6 is 0 Å². The molecule has 94 valence electrons. The van der Waals surface area contributed by atoms with Crippen LogP contribution in [0.4, 0.5) is 11.4 Å². The Morgan fingerprint density at radius 3 is 3.00 bits per heavy atom. The van der Waals surface area contributed by atoms with Crippen LogP contribution < -0.4 is 10.2 Å². The summed E-state index contributed by atoms with van der Waals surface area (Å²) in [5.74, 6) is 0.985. The van der Waals surface area contributed by atoms with Gasteiger partial charge in [-0.3, -0.25) is 4.68 Å². The highest BCUT2D eigenvalue weighted by Gasteiger charge is 2.23. The van der Waals surface area contributed by atoms with E-state index in [0.29, 0.717) is 6.04 Å². The van der Waals surface area contributed by atoms with E-state index < -0.39 is 0 Å². The van der Waals surface area contributed by atoms with Crippen LogP contribution in [0, 0.1) is 0 Å². The molecule has 0 aliphatic carbocycles. The summed E-state index contributed by atoms with van der Waals surface area (Å²) in [6.45, 7) is 3.96. The lowest BCUT2D eigenvalue weighted by atomic mass is 10.1. The minimum absolute atomic E-state index is 0.441. The van der Waals surface area contributed by atoms with E-state index in [-0.39, 0.29) is 0 Å². The summed E-state index contributed by atoms with van der Waals surface area (Å²) in [5.41, 5.74) is 2.43. The number of fused-ring (bicyclic) bond motifs is 1. The van der Waals surface area contributed by atoms with Crippen LogP contribution in [0.3, 0.4) is 0 Å². The fourth-order valence-corrected chi connectivity index (χ4v) is 2.34. The lowest BCUT2D eigenvalue weighted by Gasteiger charge is -2.37. The van der Waals surface area contributed by atoms with Crippen molar-refractivity contribution >= 4 is 11.4 Å². The van der Waals surface area contributed by atoms with Crippen LogP contribution in [0.5, 0.6) is 0 Å². The monoisotopic (exact) mass is 243 g/mol. The largest absolute Gasteiger partial charge is 0.381 e. The van der Waals surface area contributed by atoms with Crippen LogP contribution in [-0.2, 0) is 13.6 Å². The maximum absolute atomic E-state index is 4.31. The third kappa shape index (κ3) is 1.81. The van der Waals surface area contributed by atoms with E-state index in [9.17, 15) is 0 Å². The number of benzene rings is 1. The summed E-state index contributed by atoms with van der Waals surface area (Å²) in [4.78, 5) is 6.68. The summed E-state index contributed by atoms with van der Waals surface area (Å²) in [6.07, 6.45) is 1.61. The van der Waals surface area contributed by atoms with E-state index in [0.717, 1.165) is 18.9 Å². The Morgan fingerprint density at radius 1 is 1.39 bits per heavy atom. The fourth-order valence-electron chi connectivity index (χ4n) is 2.34. The number of aryl methyl sites for hydroxylation is 1. The van der Waals surface area contributed by atoms with Crippen molar-refractivity contribution in [1.29, 1.82) is 0 Å². The first-order chi connectivity index (χ1) is 8.75. The molecule has 3 rings (SSSR count). The fraction of sp³-hybridized carbons (Fsp3) is 0.385. The molecule has 1 aliphatic heterocycles. The summed E-state index contributed by atoms with van der Waals surface area (Å²) in [7, 11) is 1.93. The van der Waals surface area contributed by atoms with E-state index in [1.807, 2.05) is 11.7 Å². The summed E-state index contributed by atoms with van der Waals surface area (Å²) < 4.78 is 1.83. The second kappa shape index (κ2) is 4.33. The number of hydrogen-bond donors (Lipinski definition) is 1. The molecule has 0 saturated heterocycles. The first-order valence-electron chi connectivity index (χ1n) is 6.18. The van der Waals surface area contributed by atoms with Gasteiger partial charge < -0.3 is 10.2 Å². The number of anilines is 2. The molecular weight excluding hydrogens is 226 g/mol. The zero-order valence-corrected chi connectivity index (χ0v) is 10.7. The summed E-state index contributed by atoms with van der Waals surface area (Å²) >= 11 is 0. The lowest BCUT2D eigenvalue weighted by Crippen LogP contribution is -2.42. The van der Waals surface area contributed by atoms with Crippen LogP contribution in [0.2, 0.25) is 0 Å². The van der Waals surface area contributed by atoms with Crippen molar-refractivity contribution in [2.24, 2.45) is 7.05 Å². The van der Waals surface area contributed by atoms with Gasteiger partial charge in [-0.05, 0) is 19.1 Å². The third-order valence-corrected chi connectivity index (χ3v) is 3.45. The first-order valence-corrected chi connectivity index (χ1v) is 6.18. The molecule has 5 nitrogen and oxygen atoms in total. The van der Waals surface area contributed by atoms with E-state index in [2.05, 4.69) is 51.5 Å². The molecule has 2 heterocycles. The minimum atomic E-state index is 0.441. The van der Waals surface area contributed by atoms with E-state index in [1.54, 1.807) is 6.33 Å². The van der Waals surface area contributed by atoms with E-state index in [4.69, 9.17) is 0 Å². The van der Waals surface area contributed by atoms with Crippen LogP contribution in [0.1, 0.15) is 12.7 Å². The number of nitrogens with zero attached hydrogens (tertiary/aromatic N) is 4. The highest BCUT2D eigenvalue weighted by atomic mass is 15.3. The average molecular weight is 243 g/mol. The molecule has 1 unspecified atom stereocenters. The van der Waals surface area contributed by atoms with Gasteiger partial charge in [0.25, 0.3) is 0 Å². The molecule has 0 fully saturated rings. The zero-order valence-electron chi connectivity index (χ0n) is 10.7. The Hall–Kier alpha value is -2.04. The standard InChI is InChI=1S/C13H17N5/c1-10-7-14-11-5-3-4-6-12(11)18(10)8-13-15-9-16-17(13)2/h3-6,9-10,14H,7-8H2,1-2H3. The average Bonchev–Trinajstić information content (AvgIpc) is 2.79. The van der Waals surface area contributed by atoms with E-state index >= 15 is 0 Å². The molecule has 1 aromatic heterocycles. The molecule has 0 spiro atoms. The molecule has 0 saturated carbocycles. The lowest BCUT2D eigenvalue weighted by molar-refractivity contribution is 0.600. The molecule has 2 aromatic rings. The topological polar surface area (TPSA) is 46.0 Å². The third-order valence-electron chi connectivity index (χ3n) is 3.45. The van der Waals surface area contributed by atoms with Crippen molar-refractivity contribution in [3.63, 3.8) is 0 Å². The number of nitrogens with one attached hydrogen (secondary N) is 1. The normalized spacial score (nSPS) is 18.3. The predicted octanol–water partition coefficient (Wildman–Crippen LogP) is 1.64. The number of para-hydroxylation sites is 2. The van der Waals surface area contributed by atoms with Gasteiger partial charge in [-0.1, -0.05) is 12.1 Å². The van der Waals surface area contributed by atoms with Crippen LogP contribution in [0.15, 0.2) is 30.6 Å². The van der Waals surface area contributed by atoms with Crippen molar-refractivity contribution in [3.05, 3.63) is 36.4 Å². The Bertz CT molecular complexity index is 548. The first kappa shape index (κ1) is 11.1. The van der Waals surface area contributed by atoms with Gasteiger partial charge >= 0.3 is 0 Å². The van der Waals surface area contributed by atoms with Gasteiger partial charge in [-0.2, -0.15) is 5.10 Å². The Morgan fingerprint density at radius 2 is 2.22 bits per heavy atom. The van der Waals surface area contributed by atoms with Crippen molar-refractivity contribution < 1.29 is 0 Å². The maximum atomic E-state index is 4.31. The van der Waals surface area contributed by atoms with Gasteiger partial charge in [-0.15, -0.1) is 0 Å². The molecular formula is C13H17N5. The SMILES string of the molecule is CC1CNc2ccccc2N1Cc1ncnn1C. The van der Waals surface area contributed by atoms with Gasteiger partial charge in [0.15, 0.2) is 0 Å². The van der Waals surface area contributed by atoms with Gasteiger partial charge in [0, 0.05) is 19.6 Å². The predicted molar refractivity (Wildman–Crippen MR) is 71.6 cm³/mol. The highest BCUT2D eigenvalue weighted by molar-refractivity contribution is 5.72. The molecule has 0 amide bonds. The Kier molecular flexibility index (Phi) is 2.66. The second-order valence-corrected chi connectivity index (χ2v) is 4.67. The summed E-state index contributed by atoms with van der Waals surface area (Å²) in [5, 5.41) is 7.58. The van der Waals surface area contributed by atoms with Gasteiger partial charge in [-0.25, -0.2) is 4.98 Å². The molecule has 1 aromatic carbocycles. The van der Waals surface area contributed by atoms with Gasteiger partial charge in [0.2, 0.25) is 0 Å². The Balaban J connectivity index is 1.93. The number of hydrogen-bond acceptors (Lipinski definition) is 4. The van der Waals surface area contributed by atoms with Crippen molar-refractivity contribution in [2.75, 3.05) is 16.8 Å². The molecule has 1 aliphatic rings. The van der Waals surface area contributed by atoms with Crippen molar-refractivity contribution in [3.8, 4) is 0 Å². The number of aromatic nitrogens is 3. The van der Waals surface area contributed by atoms with E-state index in [1.165, 1.54) is 11.4 Å². The molecule has 1 N–H and O–H groups in total. The van der Waals surface area contributed by atoms with Gasteiger partial charge in [0.05, 0.1) is 17.9 Å². The Labute approximate surface area is 106 Å². The summed E-state index contributed by atoms with van der Waals surface area (Å²) in [6, 6.07) is 8.83. The smallest absolute Gasteiger partial charge is 0.146 e. The van der Waals surface area contributed by atoms with Crippen LogP contribution in [0.25, 0.3) is 0 Å². The molecule has 0 radical (unpaired) electrons. The number of rotatable bonds is 2. The molecule has 18 heavy (non-hydrogen) atoms.